The van der Waals surface area contributed by atoms with E-state index in [1.807, 2.05) is 12.1 Å². The monoisotopic (exact) mass is 321 g/mol. The van der Waals surface area contributed by atoms with Gasteiger partial charge in [0.05, 0.1) is 15.7 Å². The van der Waals surface area contributed by atoms with Crippen LogP contribution in [0.25, 0.3) is 0 Å². The Morgan fingerprint density at radius 1 is 0.952 bits per heavy atom. The summed E-state index contributed by atoms with van der Waals surface area (Å²) in [5, 5.41) is 0. The van der Waals surface area contributed by atoms with E-state index in [0.717, 1.165) is 17.4 Å². The second kappa shape index (κ2) is 6.88. The molecule has 21 heavy (non-hydrogen) atoms. The number of carbonyl (C=O) groups excluding carboxylic acids is 2. The Morgan fingerprint density at radius 3 is 2.19 bits per heavy atom. The zero-order valence-electron chi connectivity index (χ0n) is 11.9. The van der Waals surface area contributed by atoms with Gasteiger partial charge in [-0.05, 0) is 25.0 Å². The maximum atomic E-state index is 12.2. The third kappa shape index (κ3) is 3.29. The standard InChI is InChI=1S/C16H19NO2S2/c18-15-12-6-3-4-7-13(12)16(19)17(15)9-5-1-2-8-14-20-10-11-21-14/h3-4,6-7,14H,1-2,5,8-11H2. The van der Waals surface area contributed by atoms with Crippen LogP contribution in [-0.2, 0) is 0 Å². The van der Waals surface area contributed by atoms with Gasteiger partial charge in [-0.25, -0.2) is 0 Å². The van der Waals surface area contributed by atoms with E-state index < -0.39 is 0 Å². The second-order valence-corrected chi connectivity index (χ2v) is 8.25. The quantitative estimate of drug-likeness (QED) is 0.592. The van der Waals surface area contributed by atoms with Crippen LogP contribution in [-0.4, -0.2) is 39.3 Å². The molecule has 2 aliphatic rings. The highest BCUT2D eigenvalue weighted by Gasteiger charge is 2.34. The van der Waals surface area contributed by atoms with Crippen molar-refractivity contribution in [2.45, 2.75) is 30.3 Å². The molecule has 5 heteroatoms. The lowest BCUT2D eigenvalue weighted by molar-refractivity contribution is 0.0651. The average Bonchev–Trinajstić information content (AvgIpc) is 3.10. The molecule has 0 radical (unpaired) electrons. The molecular formula is C16H19NO2S2. The maximum absolute atomic E-state index is 12.2. The molecule has 112 valence electrons. The van der Waals surface area contributed by atoms with Gasteiger partial charge in [-0.2, -0.15) is 0 Å². The van der Waals surface area contributed by atoms with E-state index in [1.165, 1.54) is 29.2 Å². The molecule has 2 amide bonds. The van der Waals surface area contributed by atoms with E-state index in [1.54, 1.807) is 12.1 Å². The van der Waals surface area contributed by atoms with Gasteiger partial charge < -0.3 is 0 Å². The molecule has 0 N–H and O–H groups in total. The van der Waals surface area contributed by atoms with E-state index in [4.69, 9.17) is 0 Å². The number of fused-ring (bicyclic) bond motifs is 1. The van der Waals surface area contributed by atoms with Crippen LogP contribution in [0.4, 0.5) is 0 Å². The zero-order valence-corrected chi connectivity index (χ0v) is 13.5. The van der Waals surface area contributed by atoms with Crippen molar-refractivity contribution in [3.8, 4) is 0 Å². The second-order valence-electron chi connectivity index (χ2n) is 5.33. The minimum atomic E-state index is -0.127. The zero-order chi connectivity index (χ0) is 14.7. The van der Waals surface area contributed by atoms with E-state index in [9.17, 15) is 9.59 Å². The fraction of sp³-hybridized carbons (Fsp3) is 0.500. The highest BCUT2D eigenvalue weighted by molar-refractivity contribution is 8.20. The van der Waals surface area contributed by atoms with Crippen molar-refractivity contribution < 1.29 is 9.59 Å². The van der Waals surface area contributed by atoms with Crippen LogP contribution in [0.1, 0.15) is 46.4 Å². The SMILES string of the molecule is O=C1c2ccccc2C(=O)N1CCCCCC1SCCS1. The lowest BCUT2D eigenvalue weighted by atomic mass is 10.1. The van der Waals surface area contributed by atoms with E-state index in [2.05, 4.69) is 23.5 Å². The van der Waals surface area contributed by atoms with Gasteiger partial charge in [0.25, 0.3) is 11.8 Å². The number of imide groups is 1. The molecule has 1 fully saturated rings. The highest BCUT2D eigenvalue weighted by Crippen LogP contribution is 2.35. The van der Waals surface area contributed by atoms with Crippen LogP contribution in [0.15, 0.2) is 24.3 Å². The van der Waals surface area contributed by atoms with Gasteiger partial charge >= 0.3 is 0 Å². The third-order valence-electron chi connectivity index (χ3n) is 3.89. The first-order chi connectivity index (χ1) is 10.3. The molecule has 1 aromatic rings. The molecule has 1 saturated heterocycles. The molecule has 0 atom stereocenters. The van der Waals surface area contributed by atoms with E-state index in [-0.39, 0.29) is 11.8 Å². The van der Waals surface area contributed by atoms with Gasteiger partial charge in [0.1, 0.15) is 0 Å². The van der Waals surface area contributed by atoms with Crippen molar-refractivity contribution >= 4 is 35.3 Å². The van der Waals surface area contributed by atoms with Crippen molar-refractivity contribution in [2.75, 3.05) is 18.1 Å². The van der Waals surface area contributed by atoms with Crippen molar-refractivity contribution in [1.82, 2.24) is 4.90 Å². The molecular weight excluding hydrogens is 302 g/mol. The molecule has 0 bridgehead atoms. The molecule has 0 aliphatic carbocycles. The van der Waals surface area contributed by atoms with Gasteiger partial charge in [0, 0.05) is 18.1 Å². The van der Waals surface area contributed by atoms with Gasteiger partial charge in [-0.3, -0.25) is 14.5 Å². The summed E-state index contributed by atoms with van der Waals surface area (Å²) in [6.45, 7) is 0.553. The predicted molar refractivity (Wildman–Crippen MR) is 89.0 cm³/mol. The number of hydrogen-bond donors (Lipinski definition) is 0. The Bertz CT molecular complexity index is 506. The van der Waals surface area contributed by atoms with Crippen molar-refractivity contribution in [3.63, 3.8) is 0 Å². The summed E-state index contributed by atoms with van der Waals surface area (Å²) in [7, 11) is 0. The van der Waals surface area contributed by atoms with Crippen molar-refractivity contribution in [3.05, 3.63) is 35.4 Å². The van der Waals surface area contributed by atoms with Crippen LogP contribution in [0.5, 0.6) is 0 Å². The predicted octanol–water partition coefficient (Wildman–Crippen LogP) is 3.65. The average molecular weight is 321 g/mol. The summed E-state index contributed by atoms with van der Waals surface area (Å²) in [5.41, 5.74) is 1.11. The van der Waals surface area contributed by atoms with Crippen LogP contribution in [0.3, 0.4) is 0 Å². The van der Waals surface area contributed by atoms with Crippen molar-refractivity contribution in [2.24, 2.45) is 0 Å². The van der Waals surface area contributed by atoms with Crippen LogP contribution in [0, 0.1) is 0 Å². The summed E-state index contributed by atoms with van der Waals surface area (Å²) in [4.78, 5) is 25.8. The molecule has 1 aromatic carbocycles. The number of amides is 2. The Balaban J connectivity index is 1.44. The fourth-order valence-corrected chi connectivity index (χ4v) is 5.70. The number of carbonyl (C=O) groups is 2. The first-order valence-electron chi connectivity index (χ1n) is 7.46. The minimum absolute atomic E-state index is 0.127. The lowest BCUT2D eigenvalue weighted by Crippen LogP contribution is -2.30. The van der Waals surface area contributed by atoms with E-state index >= 15 is 0 Å². The number of unbranched alkanes of at least 4 members (excludes halogenated alkanes) is 2. The molecule has 0 unspecified atom stereocenters. The topological polar surface area (TPSA) is 37.4 Å². The minimum Gasteiger partial charge on any atom is -0.274 e. The third-order valence-corrected chi connectivity index (χ3v) is 7.06. The molecule has 2 heterocycles. The number of rotatable bonds is 6. The van der Waals surface area contributed by atoms with Crippen LogP contribution in [0.2, 0.25) is 0 Å². The van der Waals surface area contributed by atoms with Gasteiger partial charge in [-0.1, -0.05) is 25.0 Å². The van der Waals surface area contributed by atoms with Crippen LogP contribution >= 0.6 is 23.5 Å². The summed E-state index contributed by atoms with van der Waals surface area (Å²) >= 11 is 4.12. The lowest BCUT2D eigenvalue weighted by Gasteiger charge is -2.13. The normalized spacial score (nSPS) is 18.6. The number of hydrogen-bond acceptors (Lipinski definition) is 4. The summed E-state index contributed by atoms with van der Waals surface area (Å²) in [6.07, 6.45) is 4.43. The first-order valence-corrected chi connectivity index (χ1v) is 9.55. The van der Waals surface area contributed by atoms with Crippen molar-refractivity contribution in [1.29, 1.82) is 0 Å². The Kier molecular flexibility index (Phi) is 4.91. The number of thioether (sulfide) groups is 2. The largest absolute Gasteiger partial charge is 0.274 e. The maximum Gasteiger partial charge on any atom is 0.261 e. The summed E-state index contributed by atoms with van der Waals surface area (Å²) < 4.78 is 0.768. The van der Waals surface area contributed by atoms with Gasteiger partial charge in [-0.15, -0.1) is 23.5 Å². The molecule has 2 aliphatic heterocycles. The highest BCUT2D eigenvalue weighted by atomic mass is 32.2. The molecule has 0 aromatic heterocycles. The number of nitrogens with zero attached hydrogens (tertiary/aromatic N) is 1. The van der Waals surface area contributed by atoms with E-state index in [0.29, 0.717) is 17.7 Å². The van der Waals surface area contributed by atoms with Gasteiger partial charge in [0.2, 0.25) is 0 Å². The van der Waals surface area contributed by atoms with Crippen LogP contribution < -0.4 is 0 Å². The fourth-order valence-electron chi connectivity index (χ4n) is 2.77. The Morgan fingerprint density at radius 2 is 1.57 bits per heavy atom. The number of benzene rings is 1. The first kappa shape index (κ1) is 15.0. The Labute approximate surface area is 133 Å². The summed E-state index contributed by atoms with van der Waals surface area (Å²) in [5.74, 6) is 2.31. The van der Waals surface area contributed by atoms with Gasteiger partial charge in [0.15, 0.2) is 0 Å². The Hall–Kier alpha value is -0.940. The molecule has 0 spiro atoms. The molecule has 0 saturated carbocycles. The molecule has 3 rings (SSSR count). The molecule has 3 nitrogen and oxygen atoms in total. The summed E-state index contributed by atoms with van der Waals surface area (Å²) in [6, 6.07) is 7.10. The smallest absolute Gasteiger partial charge is 0.261 e.